The first-order valence-corrected chi connectivity index (χ1v) is 5.20. The minimum absolute atomic E-state index is 0.0343. The molecule has 5 nitrogen and oxygen atoms in total. The molecule has 0 aromatic rings. The second kappa shape index (κ2) is 5.70. The quantitative estimate of drug-likeness (QED) is 0.741. The van der Waals surface area contributed by atoms with Gasteiger partial charge in [0.15, 0.2) is 0 Å². The number of rotatable bonds is 4. The smallest absolute Gasteiger partial charge is 0.303 e. The van der Waals surface area contributed by atoms with Crippen LogP contribution in [0.1, 0.15) is 26.2 Å². The number of hydrogen-bond donors (Lipinski definition) is 1. The summed E-state index contributed by atoms with van der Waals surface area (Å²) in [6, 6.07) is 0.107. The molecule has 0 spiro atoms. The molecule has 15 heavy (non-hydrogen) atoms. The molecule has 0 aromatic heterocycles. The molecule has 1 heterocycles. The molecule has 1 saturated heterocycles. The molecule has 1 atom stereocenters. The Balaban J connectivity index is 2.29. The van der Waals surface area contributed by atoms with E-state index in [0.717, 1.165) is 0 Å². The molecule has 0 aromatic carbocycles. The molecule has 86 valence electrons. The summed E-state index contributed by atoms with van der Waals surface area (Å²) in [5.41, 5.74) is 0. The van der Waals surface area contributed by atoms with Crippen molar-refractivity contribution in [2.24, 2.45) is 0 Å². The summed E-state index contributed by atoms with van der Waals surface area (Å²) in [5.74, 6) is -0.815. The van der Waals surface area contributed by atoms with Gasteiger partial charge in [-0.05, 0) is 13.3 Å². The van der Waals surface area contributed by atoms with Crippen LogP contribution in [0.4, 0.5) is 0 Å². The Morgan fingerprint density at radius 3 is 2.80 bits per heavy atom. The van der Waals surface area contributed by atoms with Crippen LogP contribution in [-0.4, -0.2) is 47.7 Å². The van der Waals surface area contributed by atoms with Crippen LogP contribution in [0, 0.1) is 0 Å². The lowest BCUT2D eigenvalue weighted by Gasteiger charge is -2.33. The molecule has 1 aliphatic rings. The number of nitrogens with zero attached hydrogens (tertiary/aromatic N) is 1. The minimum Gasteiger partial charge on any atom is -0.481 e. The van der Waals surface area contributed by atoms with E-state index in [1.54, 1.807) is 4.90 Å². The number of carbonyl (C=O) groups is 2. The molecule has 0 radical (unpaired) electrons. The molecule has 1 aliphatic heterocycles. The van der Waals surface area contributed by atoms with Crippen molar-refractivity contribution in [1.82, 2.24) is 4.90 Å². The predicted octanol–water partition coefficient (Wildman–Crippen LogP) is 0.489. The van der Waals surface area contributed by atoms with Crippen molar-refractivity contribution in [2.75, 3.05) is 19.8 Å². The van der Waals surface area contributed by atoms with Crippen molar-refractivity contribution in [3.8, 4) is 0 Å². The second-order valence-corrected chi connectivity index (χ2v) is 3.76. The summed E-state index contributed by atoms with van der Waals surface area (Å²) in [5, 5.41) is 8.44. The number of carboxylic acid groups (broad SMARTS) is 1. The maximum absolute atomic E-state index is 11.7. The first kappa shape index (κ1) is 12.0. The van der Waals surface area contributed by atoms with E-state index in [-0.39, 0.29) is 18.4 Å². The number of aliphatic carboxylic acids is 1. The topological polar surface area (TPSA) is 66.8 Å². The van der Waals surface area contributed by atoms with Gasteiger partial charge < -0.3 is 14.7 Å². The fraction of sp³-hybridized carbons (Fsp3) is 0.800. The van der Waals surface area contributed by atoms with Gasteiger partial charge in [0.1, 0.15) is 0 Å². The van der Waals surface area contributed by atoms with Gasteiger partial charge in [-0.3, -0.25) is 9.59 Å². The molecule has 1 fully saturated rings. The summed E-state index contributed by atoms with van der Waals surface area (Å²) in [4.78, 5) is 23.7. The summed E-state index contributed by atoms with van der Waals surface area (Å²) >= 11 is 0. The monoisotopic (exact) mass is 215 g/mol. The summed E-state index contributed by atoms with van der Waals surface area (Å²) in [7, 11) is 0. The fourth-order valence-corrected chi connectivity index (χ4v) is 1.63. The standard InChI is InChI=1S/C10H17NO4/c1-8-7-15-6-5-11(8)9(12)3-2-4-10(13)14/h8H,2-7H2,1H3,(H,13,14)/t8-/m1/s1. The first-order valence-electron chi connectivity index (χ1n) is 5.20. The highest BCUT2D eigenvalue weighted by molar-refractivity contribution is 5.77. The van der Waals surface area contributed by atoms with Gasteiger partial charge in [0.05, 0.1) is 19.3 Å². The third-order valence-corrected chi connectivity index (χ3v) is 2.47. The average Bonchev–Trinajstić information content (AvgIpc) is 2.17. The zero-order valence-electron chi connectivity index (χ0n) is 8.94. The van der Waals surface area contributed by atoms with Crippen LogP contribution in [0.3, 0.4) is 0 Å². The minimum atomic E-state index is -0.849. The van der Waals surface area contributed by atoms with Crippen LogP contribution in [0.15, 0.2) is 0 Å². The van der Waals surface area contributed by atoms with Gasteiger partial charge in [-0.25, -0.2) is 0 Å². The molecule has 0 unspecified atom stereocenters. The predicted molar refractivity (Wildman–Crippen MR) is 53.5 cm³/mol. The SMILES string of the molecule is C[C@@H]1COCCN1C(=O)CCCC(=O)O. The van der Waals surface area contributed by atoms with Gasteiger partial charge in [0.25, 0.3) is 0 Å². The Bertz CT molecular complexity index is 242. The van der Waals surface area contributed by atoms with Crippen LogP contribution < -0.4 is 0 Å². The first-order chi connectivity index (χ1) is 7.11. The van der Waals surface area contributed by atoms with Crippen molar-refractivity contribution in [3.63, 3.8) is 0 Å². The highest BCUT2D eigenvalue weighted by Gasteiger charge is 2.23. The van der Waals surface area contributed by atoms with E-state index in [1.165, 1.54) is 0 Å². The Morgan fingerprint density at radius 2 is 2.20 bits per heavy atom. The highest BCUT2D eigenvalue weighted by Crippen LogP contribution is 2.09. The number of ether oxygens (including phenoxy) is 1. The van der Waals surface area contributed by atoms with Gasteiger partial charge in [-0.15, -0.1) is 0 Å². The van der Waals surface area contributed by atoms with Crippen molar-refractivity contribution < 1.29 is 19.4 Å². The molecule has 1 amide bonds. The maximum Gasteiger partial charge on any atom is 0.303 e. The Kier molecular flexibility index (Phi) is 4.55. The van der Waals surface area contributed by atoms with E-state index in [9.17, 15) is 9.59 Å². The normalized spacial score (nSPS) is 21.4. The van der Waals surface area contributed by atoms with E-state index in [1.807, 2.05) is 6.92 Å². The van der Waals surface area contributed by atoms with Gasteiger partial charge in [-0.2, -0.15) is 0 Å². The third-order valence-electron chi connectivity index (χ3n) is 2.47. The zero-order valence-corrected chi connectivity index (χ0v) is 8.94. The van der Waals surface area contributed by atoms with E-state index in [4.69, 9.17) is 9.84 Å². The lowest BCUT2D eigenvalue weighted by Crippen LogP contribution is -2.47. The summed E-state index contributed by atoms with van der Waals surface area (Å²) in [6.07, 6.45) is 0.791. The van der Waals surface area contributed by atoms with Gasteiger partial charge in [0, 0.05) is 19.4 Å². The van der Waals surface area contributed by atoms with Gasteiger partial charge >= 0.3 is 5.97 Å². The fourth-order valence-electron chi connectivity index (χ4n) is 1.63. The van der Waals surface area contributed by atoms with E-state index < -0.39 is 5.97 Å². The Morgan fingerprint density at radius 1 is 1.47 bits per heavy atom. The number of amides is 1. The maximum atomic E-state index is 11.7. The number of morpholine rings is 1. The van der Waals surface area contributed by atoms with Crippen LogP contribution in [-0.2, 0) is 14.3 Å². The Labute approximate surface area is 89.0 Å². The van der Waals surface area contributed by atoms with E-state index in [2.05, 4.69) is 0 Å². The molecule has 0 aliphatic carbocycles. The van der Waals surface area contributed by atoms with Crippen LogP contribution in [0.2, 0.25) is 0 Å². The Hall–Kier alpha value is -1.10. The molecule has 5 heteroatoms. The van der Waals surface area contributed by atoms with Crippen LogP contribution >= 0.6 is 0 Å². The van der Waals surface area contributed by atoms with Crippen molar-refractivity contribution in [1.29, 1.82) is 0 Å². The molecular formula is C10H17NO4. The van der Waals surface area contributed by atoms with Crippen molar-refractivity contribution in [2.45, 2.75) is 32.2 Å². The van der Waals surface area contributed by atoms with Crippen molar-refractivity contribution in [3.05, 3.63) is 0 Å². The molecule has 1 rings (SSSR count). The number of carboxylic acids is 1. The van der Waals surface area contributed by atoms with E-state index >= 15 is 0 Å². The molecule has 0 bridgehead atoms. The molecule has 0 saturated carbocycles. The third kappa shape index (κ3) is 3.87. The average molecular weight is 215 g/mol. The summed E-state index contributed by atoms with van der Waals surface area (Å²) < 4.78 is 5.22. The zero-order chi connectivity index (χ0) is 11.3. The number of hydrogen-bond acceptors (Lipinski definition) is 3. The lowest BCUT2D eigenvalue weighted by molar-refractivity contribution is -0.140. The van der Waals surface area contributed by atoms with Gasteiger partial charge in [0.2, 0.25) is 5.91 Å². The largest absolute Gasteiger partial charge is 0.481 e. The van der Waals surface area contributed by atoms with E-state index in [0.29, 0.717) is 32.6 Å². The summed E-state index contributed by atoms with van der Waals surface area (Å²) in [6.45, 7) is 3.71. The van der Waals surface area contributed by atoms with Crippen LogP contribution in [0.25, 0.3) is 0 Å². The van der Waals surface area contributed by atoms with Crippen LogP contribution in [0.5, 0.6) is 0 Å². The van der Waals surface area contributed by atoms with Gasteiger partial charge in [-0.1, -0.05) is 0 Å². The highest BCUT2D eigenvalue weighted by atomic mass is 16.5. The number of carbonyl (C=O) groups excluding carboxylic acids is 1. The molecule has 1 N–H and O–H groups in total. The molecular weight excluding hydrogens is 198 g/mol. The lowest BCUT2D eigenvalue weighted by atomic mass is 10.2. The van der Waals surface area contributed by atoms with Crippen molar-refractivity contribution >= 4 is 11.9 Å². The second-order valence-electron chi connectivity index (χ2n) is 3.76.